The molecule has 130 valence electrons. The molecule has 1 aliphatic carbocycles. The van der Waals surface area contributed by atoms with E-state index in [4.69, 9.17) is 0 Å². The van der Waals surface area contributed by atoms with Crippen molar-refractivity contribution >= 4 is 0 Å². The van der Waals surface area contributed by atoms with Crippen molar-refractivity contribution in [2.24, 2.45) is 0 Å². The van der Waals surface area contributed by atoms with Crippen LogP contribution < -0.4 is 0 Å². The van der Waals surface area contributed by atoms with Crippen molar-refractivity contribution in [2.75, 3.05) is 19.6 Å². The minimum absolute atomic E-state index is 0.0448. The molecule has 1 saturated carbocycles. The highest BCUT2D eigenvalue weighted by atomic mass is 19.4. The van der Waals surface area contributed by atoms with E-state index in [1.54, 1.807) is 0 Å². The lowest BCUT2D eigenvalue weighted by Gasteiger charge is -2.39. The van der Waals surface area contributed by atoms with Gasteiger partial charge >= 0.3 is 6.18 Å². The lowest BCUT2D eigenvalue weighted by atomic mass is 9.84. The average Bonchev–Trinajstić information content (AvgIpc) is 2.98. The minimum atomic E-state index is -4.36. The molecule has 2 N–H and O–H groups in total. The van der Waals surface area contributed by atoms with E-state index in [1.165, 1.54) is 6.42 Å². The Bertz CT molecular complexity index is 515. The molecule has 23 heavy (non-hydrogen) atoms. The number of aromatic amines is 1. The molecule has 1 aromatic heterocycles. The first-order chi connectivity index (χ1) is 10.9. The van der Waals surface area contributed by atoms with Crippen LogP contribution in [0.15, 0.2) is 6.20 Å². The van der Waals surface area contributed by atoms with E-state index in [-0.39, 0.29) is 5.92 Å². The predicted octanol–water partition coefficient (Wildman–Crippen LogP) is 3.30. The van der Waals surface area contributed by atoms with Gasteiger partial charge in [0.1, 0.15) is 11.5 Å². The van der Waals surface area contributed by atoms with Crippen LogP contribution in [0.5, 0.6) is 0 Å². The van der Waals surface area contributed by atoms with Gasteiger partial charge in [-0.2, -0.15) is 13.2 Å². The summed E-state index contributed by atoms with van der Waals surface area (Å²) in [5.74, 6) is 0.483. The molecule has 0 atom stereocenters. The Morgan fingerprint density at radius 1 is 1.22 bits per heavy atom. The fraction of sp³-hybridized carbons (Fsp3) is 0.812. The Morgan fingerprint density at radius 3 is 2.43 bits per heavy atom. The van der Waals surface area contributed by atoms with E-state index in [0.717, 1.165) is 57.8 Å². The second kappa shape index (κ2) is 6.43. The lowest BCUT2D eigenvalue weighted by molar-refractivity contribution is -0.141. The molecule has 0 amide bonds. The van der Waals surface area contributed by atoms with E-state index in [1.807, 2.05) is 0 Å². The second-order valence-corrected chi connectivity index (χ2v) is 7.02. The Hall–Kier alpha value is -1.08. The van der Waals surface area contributed by atoms with Crippen molar-refractivity contribution in [3.05, 3.63) is 17.7 Å². The number of piperidine rings is 1. The molecule has 0 bridgehead atoms. The molecule has 0 aromatic carbocycles. The number of nitrogens with one attached hydrogen (secondary N) is 1. The predicted molar refractivity (Wildman–Crippen MR) is 80.0 cm³/mol. The fourth-order valence-electron chi connectivity index (χ4n) is 3.84. The highest BCUT2D eigenvalue weighted by Gasteiger charge is 2.35. The third-order valence-electron chi connectivity index (χ3n) is 5.18. The van der Waals surface area contributed by atoms with Crippen LogP contribution in [0.4, 0.5) is 13.2 Å². The maximum absolute atomic E-state index is 12.6. The zero-order valence-corrected chi connectivity index (χ0v) is 13.2. The van der Waals surface area contributed by atoms with Crippen LogP contribution in [0.25, 0.3) is 0 Å². The summed E-state index contributed by atoms with van der Waals surface area (Å²) in [6, 6.07) is 0. The zero-order chi connectivity index (χ0) is 16.5. The molecule has 2 heterocycles. The number of rotatable bonds is 3. The van der Waals surface area contributed by atoms with Crippen LogP contribution in [-0.2, 0) is 6.18 Å². The summed E-state index contributed by atoms with van der Waals surface area (Å²) in [6.45, 7) is 2.29. The second-order valence-electron chi connectivity index (χ2n) is 7.02. The third kappa shape index (κ3) is 4.07. The molecular formula is C16H24F3N3O. The maximum Gasteiger partial charge on any atom is 0.432 e. The van der Waals surface area contributed by atoms with Gasteiger partial charge in [-0.1, -0.05) is 19.3 Å². The van der Waals surface area contributed by atoms with Gasteiger partial charge in [0.25, 0.3) is 0 Å². The molecule has 3 rings (SSSR count). The van der Waals surface area contributed by atoms with Gasteiger partial charge in [0.2, 0.25) is 0 Å². The van der Waals surface area contributed by atoms with Gasteiger partial charge in [0.05, 0.1) is 11.8 Å². The first kappa shape index (κ1) is 16.8. The number of imidazole rings is 1. The average molecular weight is 331 g/mol. The van der Waals surface area contributed by atoms with E-state index in [2.05, 4.69) is 14.9 Å². The van der Waals surface area contributed by atoms with Crippen LogP contribution in [0.2, 0.25) is 0 Å². The molecule has 7 heteroatoms. The Morgan fingerprint density at radius 2 is 1.87 bits per heavy atom. The van der Waals surface area contributed by atoms with E-state index in [0.29, 0.717) is 12.4 Å². The smallest absolute Gasteiger partial charge is 0.389 e. The van der Waals surface area contributed by atoms with Crippen LogP contribution >= 0.6 is 0 Å². The highest BCUT2D eigenvalue weighted by Crippen LogP contribution is 2.33. The summed E-state index contributed by atoms with van der Waals surface area (Å²) in [4.78, 5) is 8.59. The van der Waals surface area contributed by atoms with Gasteiger partial charge in [-0.3, -0.25) is 0 Å². The molecule has 0 unspecified atom stereocenters. The molecular weight excluding hydrogens is 307 g/mol. The number of nitrogens with zero attached hydrogens (tertiary/aromatic N) is 2. The molecule has 0 radical (unpaired) electrons. The van der Waals surface area contributed by atoms with Crippen molar-refractivity contribution in [1.82, 2.24) is 14.9 Å². The molecule has 1 saturated heterocycles. The number of hydrogen-bond acceptors (Lipinski definition) is 3. The van der Waals surface area contributed by atoms with Crippen LogP contribution in [-0.4, -0.2) is 45.2 Å². The molecule has 1 aromatic rings. The number of halogens is 3. The number of alkyl halides is 3. The van der Waals surface area contributed by atoms with Gasteiger partial charge in [-0.15, -0.1) is 0 Å². The van der Waals surface area contributed by atoms with Crippen molar-refractivity contribution in [3.63, 3.8) is 0 Å². The summed E-state index contributed by atoms with van der Waals surface area (Å²) in [5.41, 5.74) is -1.34. The van der Waals surface area contributed by atoms with Crippen molar-refractivity contribution < 1.29 is 18.3 Å². The Labute approximate surface area is 134 Å². The van der Waals surface area contributed by atoms with Crippen LogP contribution in [0.1, 0.15) is 62.4 Å². The summed E-state index contributed by atoms with van der Waals surface area (Å²) < 4.78 is 37.9. The van der Waals surface area contributed by atoms with E-state index >= 15 is 0 Å². The van der Waals surface area contributed by atoms with E-state index in [9.17, 15) is 18.3 Å². The van der Waals surface area contributed by atoms with Gasteiger partial charge in [-0.05, 0) is 38.8 Å². The summed E-state index contributed by atoms with van der Waals surface area (Å²) >= 11 is 0. The van der Waals surface area contributed by atoms with Gasteiger partial charge < -0.3 is 15.0 Å². The maximum atomic E-state index is 12.6. The summed E-state index contributed by atoms with van der Waals surface area (Å²) in [7, 11) is 0. The van der Waals surface area contributed by atoms with Crippen LogP contribution in [0, 0.1) is 0 Å². The topological polar surface area (TPSA) is 52.1 Å². The first-order valence-corrected chi connectivity index (χ1v) is 8.43. The minimum Gasteiger partial charge on any atom is -0.389 e. The quantitative estimate of drug-likeness (QED) is 0.893. The number of hydrogen-bond donors (Lipinski definition) is 2. The van der Waals surface area contributed by atoms with Crippen LogP contribution in [0.3, 0.4) is 0 Å². The molecule has 2 fully saturated rings. The normalized spacial score (nSPS) is 24.0. The summed E-state index contributed by atoms with van der Waals surface area (Å²) in [5, 5.41) is 10.6. The SMILES string of the molecule is OC1(CN2CCC(c3ncc(C(F)(F)F)[nH]3)CC2)CCCCC1. The fourth-order valence-corrected chi connectivity index (χ4v) is 3.84. The molecule has 2 aliphatic rings. The molecule has 0 spiro atoms. The Kier molecular flexibility index (Phi) is 4.69. The number of aromatic nitrogens is 2. The van der Waals surface area contributed by atoms with E-state index < -0.39 is 17.5 Å². The lowest BCUT2D eigenvalue weighted by Crippen LogP contribution is -2.47. The van der Waals surface area contributed by atoms with Gasteiger partial charge in [-0.25, -0.2) is 4.98 Å². The van der Waals surface area contributed by atoms with Gasteiger partial charge in [0.15, 0.2) is 0 Å². The Balaban J connectivity index is 1.53. The monoisotopic (exact) mass is 331 g/mol. The number of H-pyrrole nitrogens is 1. The number of β-amino-alcohol motifs (C(OH)–C–C–N with tert-alkyl or cyclic N) is 1. The van der Waals surface area contributed by atoms with Crippen molar-refractivity contribution in [1.29, 1.82) is 0 Å². The number of likely N-dealkylation sites (tertiary alicyclic amines) is 1. The first-order valence-electron chi connectivity index (χ1n) is 8.43. The third-order valence-corrected chi connectivity index (χ3v) is 5.18. The van der Waals surface area contributed by atoms with Crippen molar-refractivity contribution in [3.8, 4) is 0 Å². The molecule has 1 aliphatic heterocycles. The van der Waals surface area contributed by atoms with Gasteiger partial charge in [0, 0.05) is 12.5 Å². The number of aliphatic hydroxyl groups is 1. The largest absolute Gasteiger partial charge is 0.432 e. The zero-order valence-electron chi connectivity index (χ0n) is 13.2. The van der Waals surface area contributed by atoms with Crippen molar-refractivity contribution in [2.45, 2.75) is 62.6 Å². The summed E-state index contributed by atoms with van der Waals surface area (Å²) in [6.07, 6.45) is 3.16. The highest BCUT2D eigenvalue weighted by molar-refractivity contribution is 5.09. The molecule has 4 nitrogen and oxygen atoms in total. The standard InChI is InChI=1S/C16H24F3N3O/c17-16(18,19)13-10-20-14(21-13)12-4-8-22(9-5-12)11-15(23)6-2-1-3-7-15/h10,12,23H,1-9,11H2,(H,20,21).